The van der Waals surface area contributed by atoms with Crippen molar-refractivity contribution in [3.05, 3.63) is 65.5 Å². The van der Waals surface area contributed by atoms with Gasteiger partial charge < -0.3 is 14.4 Å². The van der Waals surface area contributed by atoms with Crippen molar-refractivity contribution in [2.75, 3.05) is 26.2 Å². The molecule has 2 aromatic rings. The lowest BCUT2D eigenvalue weighted by Gasteiger charge is -2.24. The number of cyclic esters (lactones) is 1. The number of nitrogens with zero attached hydrogens (tertiary/aromatic N) is 2. The van der Waals surface area contributed by atoms with Crippen LogP contribution in [-0.4, -0.2) is 64.9 Å². The molecule has 9 nitrogen and oxygen atoms in total. The number of hydrogen-bond donors (Lipinski definition) is 2. The quantitative estimate of drug-likeness (QED) is 0.385. The lowest BCUT2D eigenvalue weighted by atomic mass is 10.0. The van der Waals surface area contributed by atoms with Crippen molar-refractivity contribution in [1.29, 1.82) is 0 Å². The number of quaternary nitrogens is 1. The summed E-state index contributed by atoms with van der Waals surface area (Å²) in [5, 5.41) is 8.48. The molecule has 3 amide bonds. The fraction of sp³-hybridized carbons (Fsp3) is 0.500. The molecule has 2 heterocycles. The number of halogens is 1. The zero-order valence-corrected chi connectivity index (χ0v) is 24.8. The number of benzene rings is 2. The van der Waals surface area contributed by atoms with E-state index in [2.05, 4.69) is 19.1 Å². The number of imide groups is 1. The van der Waals surface area contributed by atoms with Crippen molar-refractivity contribution >= 4 is 23.8 Å². The molecule has 0 saturated carbocycles. The van der Waals surface area contributed by atoms with E-state index in [-0.39, 0.29) is 36.6 Å². The van der Waals surface area contributed by atoms with E-state index in [1.54, 1.807) is 17.0 Å². The van der Waals surface area contributed by atoms with Gasteiger partial charge in [-0.15, -0.1) is 0 Å². The molecule has 40 heavy (non-hydrogen) atoms. The molecule has 0 spiro atoms. The lowest BCUT2D eigenvalue weighted by Crippen LogP contribution is -2.74. The maximum Gasteiger partial charge on any atom is 0.416 e. The summed E-state index contributed by atoms with van der Waals surface area (Å²) in [5.41, 5.74) is 2.73. The van der Waals surface area contributed by atoms with Crippen LogP contribution in [0.2, 0.25) is 0 Å². The Morgan fingerprint density at radius 3 is 2.20 bits per heavy atom. The third-order valence-corrected chi connectivity index (χ3v) is 5.69. The number of aryl methyl sites for hydroxylation is 2. The number of hydrogen-bond acceptors (Lipinski definition) is 6. The first-order valence-corrected chi connectivity index (χ1v) is 13.6. The third-order valence-electron chi connectivity index (χ3n) is 5.69. The Labute approximate surface area is 237 Å². The number of carbonyl (C=O) groups excluding carboxylic acids is 3. The van der Waals surface area contributed by atoms with E-state index in [4.69, 9.17) is 14.7 Å². The number of ether oxygens (including phenoxy) is 2. The Balaban J connectivity index is 0.000000346. The Morgan fingerprint density at radius 1 is 1.07 bits per heavy atom. The monoisotopic (exact) mass is 562 g/mol. The van der Waals surface area contributed by atoms with Crippen molar-refractivity contribution in [3.8, 4) is 0 Å². The highest BCUT2D eigenvalue weighted by Crippen LogP contribution is 2.23. The molecule has 2 aliphatic rings. The molecule has 0 aromatic heterocycles. The molecule has 1 unspecified atom stereocenters. The fourth-order valence-electron chi connectivity index (χ4n) is 3.77. The summed E-state index contributed by atoms with van der Waals surface area (Å²) in [7, 11) is 0. The maximum atomic E-state index is 12.6. The van der Waals surface area contributed by atoms with Gasteiger partial charge in [-0.3, -0.25) is 4.79 Å². The Kier molecular flexibility index (Phi) is 14.9. The minimum Gasteiger partial charge on any atom is -0.447 e. The molecule has 0 bridgehead atoms. The fourth-order valence-corrected chi connectivity index (χ4v) is 3.77. The number of carbonyl (C=O) groups is 3. The van der Waals surface area contributed by atoms with Crippen LogP contribution in [0.4, 0.5) is 19.7 Å². The van der Waals surface area contributed by atoms with Gasteiger partial charge in [-0.25, -0.2) is 24.1 Å². The molecule has 2 fully saturated rings. The molecule has 2 saturated heterocycles. The molecule has 10 heteroatoms. The smallest absolute Gasteiger partial charge is 0.416 e. The predicted molar refractivity (Wildman–Crippen MR) is 151 cm³/mol. The Morgan fingerprint density at radius 2 is 1.73 bits per heavy atom. The second-order valence-electron chi connectivity index (χ2n) is 10.3. The van der Waals surface area contributed by atoms with Crippen LogP contribution in [0, 0.1) is 25.6 Å². The standard InChI is InChI=1S/C14H22N2O5.C7H8FNO.C7H8.C2H6/c1-14(2,3)21-12(18)15-5-4-10(9-15)8-11(17)16-6-7-20-13(16)19;1-5-2-3-6(8)7(4-5)9-10;1-7-5-3-2-4-6-7;1-2/h10H,4-9H2,1-3H3;2-4,9-10H,1H3;2-6H,1H3;1-2H3/p+1. The number of amides is 3. The van der Waals surface area contributed by atoms with Crippen LogP contribution in [0.1, 0.15) is 58.6 Å². The SMILES string of the molecule is CC.CC(C)(C)OC(=O)N1CCC(CC(=O)N2CCOC2=O)C1.Cc1ccc(F)c([NH2+]O)c1.Cc1ccccc1. The summed E-state index contributed by atoms with van der Waals surface area (Å²) < 4.78 is 22.6. The summed E-state index contributed by atoms with van der Waals surface area (Å²) in [6.07, 6.45) is 0.0856. The van der Waals surface area contributed by atoms with Gasteiger partial charge in [0.25, 0.3) is 0 Å². The zero-order valence-electron chi connectivity index (χ0n) is 24.8. The summed E-state index contributed by atoms with van der Waals surface area (Å²) >= 11 is 0. The van der Waals surface area contributed by atoms with Gasteiger partial charge in [0.1, 0.15) is 12.2 Å². The minimum absolute atomic E-state index is 0.0680. The first kappa shape index (κ1) is 34.5. The van der Waals surface area contributed by atoms with Crippen LogP contribution < -0.4 is 5.48 Å². The number of likely N-dealkylation sites (tertiary alicyclic amines) is 1. The Bertz CT molecular complexity index is 1070. The van der Waals surface area contributed by atoms with Crippen LogP contribution in [0.3, 0.4) is 0 Å². The highest BCUT2D eigenvalue weighted by molar-refractivity contribution is 5.93. The van der Waals surface area contributed by atoms with E-state index >= 15 is 0 Å². The number of rotatable bonds is 3. The Hall–Kier alpha value is -3.50. The van der Waals surface area contributed by atoms with Crippen LogP contribution in [-0.2, 0) is 14.3 Å². The summed E-state index contributed by atoms with van der Waals surface area (Å²) in [6.45, 7) is 15.0. The molecule has 222 valence electrons. The van der Waals surface area contributed by atoms with E-state index in [1.165, 1.54) is 11.6 Å². The van der Waals surface area contributed by atoms with E-state index in [1.807, 2.05) is 59.7 Å². The van der Waals surface area contributed by atoms with Crippen molar-refractivity contribution in [2.24, 2.45) is 5.92 Å². The average Bonchev–Trinajstić information content (AvgIpc) is 3.56. The van der Waals surface area contributed by atoms with Gasteiger partial charge >= 0.3 is 12.2 Å². The summed E-state index contributed by atoms with van der Waals surface area (Å²) in [6, 6.07) is 14.8. The molecule has 0 radical (unpaired) electrons. The first-order chi connectivity index (χ1) is 18.9. The van der Waals surface area contributed by atoms with Crippen LogP contribution >= 0.6 is 0 Å². The van der Waals surface area contributed by atoms with Gasteiger partial charge in [-0.05, 0) is 58.6 Å². The third kappa shape index (κ3) is 12.6. The molecular weight excluding hydrogens is 517 g/mol. The molecule has 4 rings (SSSR count). The van der Waals surface area contributed by atoms with Crippen LogP contribution in [0.25, 0.3) is 0 Å². The topological polar surface area (TPSA) is 113 Å². The highest BCUT2D eigenvalue weighted by atomic mass is 19.1. The maximum absolute atomic E-state index is 12.6. The van der Waals surface area contributed by atoms with Crippen molar-refractivity contribution in [2.45, 2.75) is 66.9 Å². The highest BCUT2D eigenvalue weighted by Gasteiger charge is 2.34. The van der Waals surface area contributed by atoms with Crippen molar-refractivity contribution < 1.29 is 38.9 Å². The van der Waals surface area contributed by atoms with Gasteiger partial charge in [0.15, 0.2) is 11.5 Å². The average molecular weight is 563 g/mol. The van der Waals surface area contributed by atoms with E-state index in [0.29, 0.717) is 19.6 Å². The molecule has 2 aromatic carbocycles. The van der Waals surface area contributed by atoms with Gasteiger partial charge in [-0.2, -0.15) is 5.48 Å². The second-order valence-corrected chi connectivity index (χ2v) is 10.3. The van der Waals surface area contributed by atoms with E-state index < -0.39 is 17.5 Å². The number of nitrogens with two attached hydrogens (primary N) is 1. The van der Waals surface area contributed by atoms with Crippen molar-refractivity contribution in [1.82, 2.24) is 9.80 Å². The molecule has 0 aliphatic carbocycles. The molecular formula is C30H45FN3O6+. The second kappa shape index (κ2) is 17.2. The van der Waals surface area contributed by atoms with Crippen LogP contribution in [0.15, 0.2) is 48.5 Å². The van der Waals surface area contributed by atoms with Gasteiger partial charge in [-0.1, -0.05) is 55.8 Å². The van der Waals surface area contributed by atoms with E-state index in [0.717, 1.165) is 22.4 Å². The summed E-state index contributed by atoms with van der Waals surface area (Å²) in [5.74, 6) is -0.556. The van der Waals surface area contributed by atoms with Gasteiger partial charge in [0, 0.05) is 25.6 Å². The van der Waals surface area contributed by atoms with Crippen LogP contribution in [0.5, 0.6) is 0 Å². The van der Waals surface area contributed by atoms with Crippen molar-refractivity contribution in [3.63, 3.8) is 0 Å². The van der Waals surface area contributed by atoms with Gasteiger partial charge in [0.2, 0.25) is 5.91 Å². The van der Waals surface area contributed by atoms with Gasteiger partial charge in [0.05, 0.1) is 6.54 Å². The first-order valence-electron chi connectivity index (χ1n) is 13.6. The minimum atomic E-state index is -0.568. The normalized spacial score (nSPS) is 15.9. The zero-order chi connectivity index (χ0) is 30.3. The molecule has 2 aliphatic heterocycles. The van der Waals surface area contributed by atoms with E-state index in [9.17, 15) is 18.8 Å². The molecule has 3 N–H and O–H groups in total. The summed E-state index contributed by atoms with van der Waals surface area (Å²) in [4.78, 5) is 38.0. The largest absolute Gasteiger partial charge is 0.447 e. The predicted octanol–water partition coefficient (Wildman–Crippen LogP) is 5.35. The molecule has 1 atom stereocenters. The lowest BCUT2D eigenvalue weighted by molar-refractivity contribution is -0.826.